The van der Waals surface area contributed by atoms with Gasteiger partial charge in [0.1, 0.15) is 0 Å². The van der Waals surface area contributed by atoms with Crippen LogP contribution < -0.4 is 5.32 Å². The normalized spacial score (nSPS) is 27.1. The Kier molecular flexibility index (Phi) is 5.88. The minimum absolute atomic E-state index is 0.0579. The predicted octanol–water partition coefficient (Wildman–Crippen LogP) is 1.23. The molecule has 0 aromatic carbocycles. The summed E-state index contributed by atoms with van der Waals surface area (Å²) in [6, 6.07) is 0.301. The second-order valence-corrected chi connectivity index (χ2v) is 4.69. The van der Waals surface area contributed by atoms with Crippen molar-refractivity contribution in [3.63, 3.8) is 0 Å². The standard InChI is InChI=1S/C12H23NO4/c1-8(12(16-2)17-3)13-10-6-4-5-9(7-10)11(14)15/h8-10,12-13H,4-7H2,1-3H3,(H,14,15). The van der Waals surface area contributed by atoms with E-state index in [4.69, 9.17) is 14.6 Å². The van der Waals surface area contributed by atoms with Crippen LogP contribution in [0.4, 0.5) is 0 Å². The van der Waals surface area contributed by atoms with Gasteiger partial charge in [0.2, 0.25) is 0 Å². The van der Waals surface area contributed by atoms with E-state index in [1.165, 1.54) is 0 Å². The number of hydrogen-bond acceptors (Lipinski definition) is 4. The molecule has 100 valence electrons. The van der Waals surface area contributed by atoms with Gasteiger partial charge in [-0.2, -0.15) is 0 Å². The molecule has 0 bridgehead atoms. The summed E-state index contributed by atoms with van der Waals surface area (Å²) in [4.78, 5) is 11.0. The molecule has 1 aliphatic carbocycles. The molecule has 0 saturated heterocycles. The predicted molar refractivity (Wildman–Crippen MR) is 63.8 cm³/mol. The number of carboxylic acids is 1. The van der Waals surface area contributed by atoms with Crippen LogP contribution in [0, 0.1) is 5.92 Å². The lowest BCUT2D eigenvalue weighted by Crippen LogP contribution is -2.47. The number of nitrogens with one attached hydrogen (secondary N) is 1. The second-order valence-electron chi connectivity index (χ2n) is 4.69. The molecular formula is C12H23NO4. The first-order valence-corrected chi connectivity index (χ1v) is 6.13. The van der Waals surface area contributed by atoms with Crippen molar-refractivity contribution in [1.82, 2.24) is 5.32 Å². The Balaban J connectivity index is 2.42. The van der Waals surface area contributed by atoms with Crippen LogP contribution in [0.1, 0.15) is 32.6 Å². The fraction of sp³-hybridized carbons (Fsp3) is 0.917. The number of ether oxygens (including phenoxy) is 2. The lowest BCUT2D eigenvalue weighted by atomic mass is 9.85. The molecular weight excluding hydrogens is 222 g/mol. The molecule has 5 heteroatoms. The van der Waals surface area contributed by atoms with Gasteiger partial charge >= 0.3 is 5.97 Å². The number of hydrogen-bond donors (Lipinski definition) is 2. The molecule has 0 aromatic rings. The summed E-state index contributed by atoms with van der Waals surface area (Å²) in [6.45, 7) is 1.99. The van der Waals surface area contributed by atoms with E-state index in [0.29, 0.717) is 6.42 Å². The van der Waals surface area contributed by atoms with Gasteiger partial charge in [-0.3, -0.25) is 4.79 Å². The largest absolute Gasteiger partial charge is 0.481 e. The lowest BCUT2D eigenvalue weighted by Gasteiger charge is -2.32. The molecule has 3 unspecified atom stereocenters. The molecule has 2 N–H and O–H groups in total. The molecule has 0 radical (unpaired) electrons. The Morgan fingerprint density at radius 2 is 2.00 bits per heavy atom. The molecule has 17 heavy (non-hydrogen) atoms. The van der Waals surface area contributed by atoms with Crippen molar-refractivity contribution in [2.45, 2.75) is 51.0 Å². The highest BCUT2D eigenvalue weighted by atomic mass is 16.7. The second kappa shape index (κ2) is 6.93. The van der Waals surface area contributed by atoms with Crippen LogP contribution in [0.15, 0.2) is 0 Å². The van der Waals surface area contributed by atoms with Crippen LogP contribution in [0.2, 0.25) is 0 Å². The molecule has 1 saturated carbocycles. The maximum atomic E-state index is 11.0. The Morgan fingerprint density at radius 1 is 1.35 bits per heavy atom. The fourth-order valence-corrected chi connectivity index (χ4v) is 2.52. The zero-order chi connectivity index (χ0) is 12.8. The first kappa shape index (κ1) is 14.4. The van der Waals surface area contributed by atoms with Gasteiger partial charge in [-0.25, -0.2) is 0 Å². The van der Waals surface area contributed by atoms with E-state index in [1.807, 2.05) is 6.92 Å². The van der Waals surface area contributed by atoms with Crippen LogP contribution in [-0.4, -0.2) is 43.7 Å². The molecule has 1 aliphatic rings. The number of aliphatic carboxylic acids is 1. The third-order valence-electron chi connectivity index (χ3n) is 3.39. The minimum atomic E-state index is -0.681. The van der Waals surface area contributed by atoms with E-state index in [-0.39, 0.29) is 24.3 Å². The third-order valence-corrected chi connectivity index (χ3v) is 3.39. The van der Waals surface area contributed by atoms with Gasteiger partial charge in [0.15, 0.2) is 6.29 Å². The van der Waals surface area contributed by atoms with Crippen molar-refractivity contribution < 1.29 is 19.4 Å². The van der Waals surface area contributed by atoms with Gasteiger partial charge in [0, 0.05) is 20.3 Å². The first-order chi connectivity index (χ1) is 8.08. The topological polar surface area (TPSA) is 67.8 Å². The molecule has 0 aromatic heterocycles. The number of carboxylic acid groups (broad SMARTS) is 1. The van der Waals surface area contributed by atoms with Gasteiger partial charge in [-0.05, 0) is 26.2 Å². The number of carbonyl (C=O) groups is 1. The van der Waals surface area contributed by atoms with Gasteiger partial charge < -0.3 is 19.9 Å². The average molecular weight is 245 g/mol. The van der Waals surface area contributed by atoms with E-state index >= 15 is 0 Å². The highest BCUT2D eigenvalue weighted by Gasteiger charge is 2.29. The number of rotatable bonds is 6. The molecule has 3 atom stereocenters. The van der Waals surface area contributed by atoms with Crippen molar-refractivity contribution in [1.29, 1.82) is 0 Å². The van der Waals surface area contributed by atoms with Crippen molar-refractivity contribution in [3.05, 3.63) is 0 Å². The summed E-state index contributed by atoms with van der Waals surface area (Å²) in [5.41, 5.74) is 0. The molecule has 5 nitrogen and oxygen atoms in total. The van der Waals surface area contributed by atoms with Crippen molar-refractivity contribution in [2.24, 2.45) is 5.92 Å². The molecule has 1 fully saturated rings. The van der Waals surface area contributed by atoms with Gasteiger partial charge in [0.05, 0.1) is 12.0 Å². The van der Waals surface area contributed by atoms with E-state index in [9.17, 15) is 4.79 Å². The van der Waals surface area contributed by atoms with Crippen LogP contribution in [0.25, 0.3) is 0 Å². The Morgan fingerprint density at radius 3 is 2.53 bits per heavy atom. The Hall–Kier alpha value is -0.650. The van der Waals surface area contributed by atoms with Crippen LogP contribution >= 0.6 is 0 Å². The zero-order valence-electron chi connectivity index (χ0n) is 10.8. The maximum absolute atomic E-state index is 11.0. The van der Waals surface area contributed by atoms with Crippen molar-refractivity contribution >= 4 is 5.97 Å². The SMILES string of the molecule is COC(OC)C(C)NC1CCCC(C(=O)O)C1. The van der Waals surface area contributed by atoms with E-state index < -0.39 is 5.97 Å². The van der Waals surface area contributed by atoms with E-state index in [1.54, 1.807) is 14.2 Å². The number of methoxy groups -OCH3 is 2. The summed E-state index contributed by atoms with van der Waals surface area (Å²) in [5, 5.41) is 12.4. The molecule has 0 heterocycles. The molecule has 0 spiro atoms. The fourth-order valence-electron chi connectivity index (χ4n) is 2.52. The maximum Gasteiger partial charge on any atom is 0.306 e. The summed E-state index contributed by atoms with van der Waals surface area (Å²) in [6.07, 6.45) is 3.18. The summed E-state index contributed by atoms with van der Waals surface area (Å²) >= 11 is 0. The van der Waals surface area contributed by atoms with Crippen molar-refractivity contribution in [2.75, 3.05) is 14.2 Å². The first-order valence-electron chi connectivity index (χ1n) is 6.13. The third kappa shape index (κ3) is 4.26. The highest BCUT2D eigenvalue weighted by Crippen LogP contribution is 2.25. The van der Waals surface area contributed by atoms with Gasteiger partial charge in [0.25, 0.3) is 0 Å². The Bertz CT molecular complexity index is 243. The van der Waals surface area contributed by atoms with Gasteiger partial charge in [-0.15, -0.1) is 0 Å². The monoisotopic (exact) mass is 245 g/mol. The highest BCUT2D eigenvalue weighted by molar-refractivity contribution is 5.70. The zero-order valence-corrected chi connectivity index (χ0v) is 10.8. The summed E-state index contributed by atoms with van der Waals surface area (Å²) in [5.74, 6) is -0.892. The van der Waals surface area contributed by atoms with Crippen LogP contribution in [0.3, 0.4) is 0 Å². The van der Waals surface area contributed by atoms with E-state index in [2.05, 4.69) is 5.32 Å². The van der Waals surface area contributed by atoms with Crippen molar-refractivity contribution in [3.8, 4) is 0 Å². The lowest BCUT2D eigenvalue weighted by molar-refractivity contribution is -0.143. The van der Waals surface area contributed by atoms with E-state index in [0.717, 1.165) is 19.3 Å². The molecule has 1 rings (SSSR count). The molecule has 0 amide bonds. The van der Waals surface area contributed by atoms with Crippen LogP contribution in [-0.2, 0) is 14.3 Å². The van der Waals surface area contributed by atoms with Crippen LogP contribution in [0.5, 0.6) is 0 Å². The minimum Gasteiger partial charge on any atom is -0.481 e. The Labute approximate surface area is 102 Å². The summed E-state index contributed by atoms with van der Waals surface area (Å²) < 4.78 is 10.4. The average Bonchev–Trinajstić information content (AvgIpc) is 2.30. The summed E-state index contributed by atoms with van der Waals surface area (Å²) in [7, 11) is 3.21. The van der Waals surface area contributed by atoms with Gasteiger partial charge in [-0.1, -0.05) is 6.42 Å². The quantitative estimate of drug-likeness (QED) is 0.689. The smallest absolute Gasteiger partial charge is 0.306 e. The molecule has 0 aliphatic heterocycles.